The largest absolute Gasteiger partial charge is 0.464 e. The smallest absolute Gasteiger partial charge is 0.122 e. The summed E-state index contributed by atoms with van der Waals surface area (Å²) in [6.45, 7) is 6.80. The van der Waals surface area contributed by atoms with Crippen molar-refractivity contribution in [2.75, 3.05) is 13.1 Å². The van der Waals surface area contributed by atoms with E-state index in [1.165, 1.54) is 25.0 Å². The number of rotatable bonds is 4. The van der Waals surface area contributed by atoms with Gasteiger partial charge in [-0.1, -0.05) is 13.8 Å². The second kappa shape index (κ2) is 5.29. The number of furan rings is 1. The molecule has 19 heavy (non-hydrogen) atoms. The van der Waals surface area contributed by atoms with Crippen molar-refractivity contribution in [3.63, 3.8) is 0 Å². The van der Waals surface area contributed by atoms with E-state index < -0.39 is 0 Å². The zero-order valence-corrected chi connectivity index (χ0v) is 12.1. The molecular formula is C16H26N2O. The lowest BCUT2D eigenvalue weighted by Crippen LogP contribution is -2.45. The number of piperidine rings is 1. The van der Waals surface area contributed by atoms with Gasteiger partial charge in [-0.05, 0) is 56.8 Å². The van der Waals surface area contributed by atoms with Crippen molar-refractivity contribution in [3.05, 3.63) is 23.7 Å². The molecule has 3 nitrogen and oxygen atoms in total. The highest BCUT2D eigenvalue weighted by molar-refractivity contribution is 5.20. The molecule has 2 heterocycles. The summed E-state index contributed by atoms with van der Waals surface area (Å²) >= 11 is 0. The van der Waals surface area contributed by atoms with E-state index in [2.05, 4.69) is 30.9 Å². The van der Waals surface area contributed by atoms with Crippen LogP contribution in [0.3, 0.4) is 0 Å². The maximum atomic E-state index is 6.36. The summed E-state index contributed by atoms with van der Waals surface area (Å²) in [6.07, 6.45) is 4.78. The molecule has 4 atom stereocenters. The first-order valence-electron chi connectivity index (χ1n) is 7.80. The number of hydrogen-bond donors (Lipinski definition) is 1. The molecular weight excluding hydrogens is 236 g/mol. The summed E-state index contributed by atoms with van der Waals surface area (Å²) in [5, 5.41) is 0. The van der Waals surface area contributed by atoms with Crippen molar-refractivity contribution in [1.29, 1.82) is 0 Å². The quantitative estimate of drug-likeness (QED) is 0.905. The second-order valence-electron chi connectivity index (χ2n) is 6.35. The third-order valence-corrected chi connectivity index (χ3v) is 4.71. The van der Waals surface area contributed by atoms with Gasteiger partial charge in [-0.3, -0.25) is 4.90 Å². The highest BCUT2D eigenvalue weighted by Gasteiger charge is 2.38. The maximum absolute atomic E-state index is 6.36. The molecule has 106 valence electrons. The molecule has 1 aliphatic carbocycles. The molecule has 3 heteroatoms. The van der Waals surface area contributed by atoms with E-state index in [4.69, 9.17) is 10.2 Å². The Bertz CT molecular complexity index is 426. The predicted octanol–water partition coefficient (Wildman–Crippen LogP) is 3.28. The summed E-state index contributed by atoms with van der Waals surface area (Å²) in [5.41, 5.74) is 6.36. The Balaban J connectivity index is 1.78. The Morgan fingerprint density at radius 2 is 2.11 bits per heavy atom. The number of nitrogens with two attached hydrogens (primary N) is 1. The first kappa shape index (κ1) is 13.2. The third-order valence-electron chi connectivity index (χ3n) is 4.71. The first-order chi connectivity index (χ1) is 9.20. The zero-order chi connectivity index (χ0) is 13.4. The van der Waals surface area contributed by atoms with E-state index in [0.29, 0.717) is 5.92 Å². The molecule has 0 aromatic carbocycles. The lowest BCUT2D eigenvalue weighted by molar-refractivity contribution is 0.110. The van der Waals surface area contributed by atoms with Gasteiger partial charge in [0, 0.05) is 12.0 Å². The molecule has 0 bridgehead atoms. The minimum absolute atomic E-state index is 0.218. The Hall–Kier alpha value is -0.800. The molecule has 0 spiro atoms. The number of likely N-dealkylation sites (tertiary alicyclic amines) is 1. The van der Waals surface area contributed by atoms with Crippen LogP contribution in [0.15, 0.2) is 16.5 Å². The van der Waals surface area contributed by atoms with E-state index in [0.717, 1.165) is 31.2 Å². The zero-order valence-electron chi connectivity index (χ0n) is 12.1. The maximum Gasteiger partial charge on any atom is 0.122 e. The van der Waals surface area contributed by atoms with Gasteiger partial charge >= 0.3 is 0 Å². The molecule has 1 saturated heterocycles. The minimum Gasteiger partial charge on any atom is -0.464 e. The minimum atomic E-state index is 0.218. The second-order valence-corrected chi connectivity index (χ2v) is 6.35. The van der Waals surface area contributed by atoms with Crippen LogP contribution in [0.2, 0.25) is 0 Å². The lowest BCUT2D eigenvalue weighted by Gasteiger charge is -2.38. The lowest BCUT2D eigenvalue weighted by atomic mass is 9.95. The third kappa shape index (κ3) is 2.59. The SMILES string of the molecule is CCCN1CCCC(N)C1c1ccc(C2CC2C)o1. The van der Waals surface area contributed by atoms with E-state index in [-0.39, 0.29) is 12.1 Å². The van der Waals surface area contributed by atoms with Gasteiger partial charge in [0.2, 0.25) is 0 Å². The van der Waals surface area contributed by atoms with Crippen LogP contribution in [-0.4, -0.2) is 24.0 Å². The fourth-order valence-corrected chi connectivity index (χ4v) is 3.47. The van der Waals surface area contributed by atoms with Crippen LogP contribution < -0.4 is 5.73 Å². The molecule has 2 aliphatic rings. The van der Waals surface area contributed by atoms with Crippen molar-refractivity contribution >= 4 is 0 Å². The fraction of sp³-hybridized carbons (Fsp3) is 0.750. The highest BCUT2D eigenvalue weighted by Crippen LogP contribution is 2.48. The van der Waals surface area contributed by atoms with Crippen molar-refractivity contribution in [1.82, 2.24) is 4.90 Å². The van der Waals surface area contributed by atoms with E-state index >= 15 is 0 Å². The normalized spacial score (nSPS) is 35.5. The monoisotopic (exact) mass is 262 g/mol. The average Bonchev–Trinajstić information content (AvgIpc) is 2.92. The van der Waals surface area contributed by atoms with Crippen molar-refractivity contribution in [2.45, 2.75) is 57.5 Å². The van der Waals surface area contributed by atoms with Crippen LogP contribution in [0, 0.1) is 5.92 Å². The Kier molecular flexibility index (Phi) is 3.68. The number of hydrogen-bond acceptors (Lipinski definition) is 3. The van der Waals surface area contributed by atoms with Crippen molar-refractivity contribution in [3.8, 4) is 0 Å². The molecule has 1 saturated carbocycles. The summed E-state index contributed by atoms with van der Waals surface area (Å²) in [6, 6.07) is 4.85. The van der Waals surface area contributed by atoms with Crippen LogP contribution in [-0.2, 0) is 0 Å². The molecule has 3 rings (SSSR count). The van der Waals surface area contributed by atoms with Gasteiger partial charge in [0.15, 0.2) is 0 Å². The van der Waals surface area contributed by atoms with Crippen molar-refractivity contribution in [2.24, 2.45) is 11.7 Å². The van der Waals surface area contributed by atoms with E-state index in [1.807, 2.05) is 0 Å². The van der Waals surface area contributed by atoms with Crippen LogP contribution in [0.4, 0.5) is 0 Å². The summed E-state index contributed by atoms with van der Waals surface area (Å²) in [4.78, 5) is 2.51. The fourth-order valence-electron chi connectivity index (χ4n) is 3.47. The molecule has 0 radical (unpaired) electrons. The van der Waals surface area contributed by atoms with Gasteiger partial charge in [0.25, 0.3) is 0 Å². The predicted molar refractivity (Wildman–Crippen MR) is 77.0 cm³/mol. The standard InChI is InChI=1S/C16H26N2O/c1-3-8-18-9-4-5-13(17)16(18)15-7-6-14(19-15)12-10-11(12)2/h6-7,11-13,16H,3-5,8-10,17H2,1-2H3. The van der Waals surface area contributed by atoms with Gasteiger partial charge in [-0.2, -0.15) is 0 Å². The number of nitrogens with zero attached hydrogens (tertiary/aromatic N) is 1. The molecule has 1 aromatic rings. The average molecular weight is 262 g/mol. The highest BCUT2D eigenvalue weighted by atomic mass is 16.3. The Morgan fingerprint density at radius 1 is 1.37 bits per heavy atom. The first-order valence-corrected chi connectivity index (χ1v) is 7.80. The molecule has 2 fully saturated rings. The van der Waals surface area contributed by atoms with Gasteiger partial charge in [0.05, 0.1) is 6.04 Å². The summed E-state index contributed by atoms with van der Waals surface area (Å²) in [7, 11) is 0. The van der Waals surface area contributed by atoms with E-state index in [9.17, 15) is 0 Å². The van der Waals surface area contributed by atoms with Crippen molar-refractivity contribution < 1.29 is 4.42 Å². The van der Waals surface area contributed by atoms with Gasteiger partial charge in [-0.25, -0.2) is 0 Å². The van der Waals surface area contributed by atoms with Crippen LogP contribution in [0.25, 0.3) is 0 Å². The summed E-state index contributed by atoms with van der Waals surface area (Å²) < 4.78 is 6.14. The molecule has 2 N–H and O–H groups in total. The molecule has 1 aromatic heterocycles. The topological polar surface area (TPSA) is 42.4 Å². The molecule has 1 aliphatic heterocycles. The van der Waals surface area contributed by atoms with Gasteiger partial charge < -0.3 is 10.2 Å². The Labute approximate surface area is 116 Å². The summed E-state index contributed by atoms with van der Waals surface area (Å²) in [5.74, 6) is 3.73. The molecule has 4 unspecified atom stereocenters. The Morgan fingerprint density at radius 3 is 2.79 bits per heavy atom. The van der Waals surface area contributed by atoms with Gasteiger partial charge in [-0.15, -0.1) is 0 Å². The van der Waals surface area contributed by atoms with Gasteiger partial charge in [0.1, 0.15) is 11.5 Å². The molecule has 0 amide bonds. The van der Waals surface area contributed by atoms with Crippen LogP contribution >= 0.6 is 0 Å². The van der Waals surface area contributed by atoms with E-state index in [1.54, 1.807) is 0 Å². The van der Waals surface area contributed by atoms with Crippen LogP contribution in [0.5, 0.6) is 0 Å². The van der Waals surface area contributed by atoms with Crippen LogP contribution in [0.1, 0.15) is 63.0 Å².